The third kappa shape index (κ3) is 4.63. The number of carbonyl (C=O) groups is 1. The van der Waals surface area contributed by atoms with E-state index in [0.717, 1.165) is 5.56 Å². The molecular weight excluding hydrogens is 243 g/mol. The van der Waals surface area contributed by atoms with Gasteiger partial charge >= 0.3 is 0 Å². The Morgan fingerprint density at radius 1 is 1.32 bits per heavy atom. The fraction of sp³-hybridized carbons (Fsp3) is 0.533. The lowest BCUT2D eigenvalue weighted by Crippen LogP contribution is -2.41. The molecular formula is C15H23FN2O. The lowest BCUT2D eigenvalue weighted by Gasteiger charge is -2.14. The van der Waals surface area contributed by atoms with Crippen LogP contribution < -0.4 is 11.1 Å². The lowest BCUT2D eigenvalue weighted by molar-refractivity contribution is -0.122. The molecule has 0 unspecified atom stereocenters. The van der Waals surface area contributed by atoms with Gasteiger partial charge in [0.2, 0.25) is 5.91 Å². The molecule has 1 rings (SSSR count). The highest BCUT2D eigenvalue weighted by Crippen LogP contribution is 2.14. The average Bonchev–Trinajstić information content (AvgIpc) is 2.31. The van der Waals surface area contributed by atoms with Crippen molar-refractivity contribution in [2.75, 3.05) is 0 Å². The minimum atomic E-state index is -0.484. The molecule has 0 spiro atoms. The molecule has 4 heteroatoms. The maximum atomic E-state index is 13.5. The van der Waals surface area contributed by atoms with Gasteiger partial charge in [-0.25, -0.2) is 4.39 Å². The zero-order chi connectivity index (χ0) is 14.6. The third-order valence-corrected chi connectivity index (χ3v) is 3.03. The van der Waals surface area contributed by atoms with E-state index in [9.17, 15) is 9.18 Å². The van der Waals surface area contributed by atoms with E-state index in [2.05, 4.69) is 5.32 Å². The molecule has 1 aromatic carbocycles. The Labute approximate surface area is 114 Å². The van der Waals surface area contributed by atoms with Crippen LogP contribution in [0.4, 0.5) is 4.39 Å². The second kappa shape index (κ2) is 6.66. The van der Waals surface area contributed by atoms with Crippen LogP contribution in [0.15, 0.2) is 12.1 Å². The van der Waals surface area contributed by atoms with Gasteiger partial charge in [-0.2, -0.15) is 0 Å². The smallest absolute Gasteiger partial charge is 0.237 e. The van der Waals surface area contributed by atoms with Gasteiger partial charge in [0.1, 0.15) is 5.82 Å². The summed E-state index contributed by atoms with van der Waals surface area (Å²) in [4.78, 5) is 11.8. The van der Waals surface area contributed by atoms with Gasteiger partial charge in [0, 0.05) is 6.54 Å². The van der Waals surface area contributed by atoms with Crippen molar-refractivity contribution in [3.63, 3.8) is 0 Å². The molecule has 3 nitrogen and oxygen atoms in total. The van der Waals surface area contributed by atoms with Crippen LogP contribution in [0.5, 0.6) is 0 Å². The number of hydrogen-bond donors (Lipinski definition) is 2. The lowest BCUT2D eigenvalue weighted by atomic mass is 10.0. The van der Waals surface area contributed by atoms with Gasteiger partial charge in [-0.1, -0.05) is 26.0 Å². The zero-order valence-electron chi connectivity index (χ0n) is 12.1. The summed E-state index contributed by atoms with van der Waals surface area (Å²) in [5.74, 6) is 0.0379. The van der Waals surface area contributed by atoms with Gasteiger partial charge in [-0.05, 0) is 42.9 Å². The molecule has 0 aromatic heterocycles. The van der Waals surface area contributed by atoms with Crippen molar-refractivity contribution < 1.29 is 9.18 Å². The van der Waals surface area contributed by atoms with E-state index in [4.69, 9.17) is 5.73 Å². The van der Waals surface area contributed by atoms with E-state index < -0.39 is 6.04 Å². The first-order valence-corrected chi connectivity index (χ1v) is 6.60. The molecule has 0 saturated heterocycles. The van der Waals surface area contributed by atoms with Crippen molar-refractivity contribution in [1.82, 2.24) is 5.32 Å². The maximum Gasteiger partial charge on any atom is 0.237 e. The quantitative estimate of drug-likeness (QED) is 0.860. The fourth-order valence-electron chi connectivity index (χ4n) is 2.07. The number of nitrogens with one attached hydrogen (secondary N) is 1. The molecule has 0 aliphatic carbocycles. The number of carbonyl (C=O) groups excluding carboxylic acids is 1. The van der Waals surface area contributed by atoms with Crippen LogP contribution in [0.3, 0.4) is 0 Å². The number of benzene rings is 1. The largest absolute Gasteiger partial charge is 0.351 e. The molecule has 0 heterocycles. The summed E-state index contributed by atoms with van der Waals surface area (Å²) < 4.78 is 13.5. The van der Waals surface area contributed by atoms with Gasteiger partial charge in [0.25, 0.3) is 0 Å². The van der Waals surface area contributed by atoms with Gasteiger partial charge in [-0.15, -0.1) is 0 Å². The Balaban J connectivity index is 2.60. The first kappa shape index (κ1) is 15.6. The summed E-state index contributed by atoms with van der Waals surface area (Å²) in [7, 11) is 0. The summed E-state index contributed by atoms with van der Waals surface area (Å²) in [6.45, 7) is 7.88. The molecule has 0 saturated carbocycles. The predicted octanol–water partition coefficient (Wildman–Crippen LogP) is 2.43. The topological polar surface area (TPSA) is 55.1 Å². The van der Waals surface area contributed by atoms with Crippen LogP contribution >= 0.6 is 0 Å². The van der Waals surface area contributed by atoms with E-state index in [-0.39, 0.29) is 11.7 Å². The van der Waals surface area contributed by atoms with Crippen molar-refractivity contribution in [2.24, 2.45) is 11.7 Å². The Kier molecular flexibility index (Phi) is 5.48. The average molecular weight is 266 g/mol. The summed E-state index contributed by atoms with van der Waals surface area (Å²) in [5, 5.41) is 2.79. The molecule has 1 aromatic rings. The van der Waals surface area contributed by atoms with E-state index >= 15 is 0 Å². The van der Waals surface area contributed by atoms with Crippen molar-refractivity contribution in [2.45, 2.75) is 46.7 Å². The zero-order valence-corrected chi connectivity index (χ0v) is 12.1. The number of hydrogen-bond acceptors (Lipinski definition) is 2. The number of nitrogens with two attached hydrogens (primary N) is 1. The molecule has 0 aliphatic heterocycles. The first-order valence-electron chi connectivity index (χ1n) is 6.60. The van der Waals surface area contributed by atoms with E-state index in [0.29, 0.717) is 30.0 Å². The summed E-state index contributed by atoms with van der Waals surface area (Å²) in [6.07, 6.45) is 0.660. The van der Waals surface area contributed by atoms with Crippen molar-refractivity contribution in [3.05, 3.63) is 34.6 Å². The Hall–Kier alpha value is -1.42. The molecule has 0 radical (unpaired) electrons. The van der Waals surface area contributed by atoms with Crippen LogP contribution in [0, 0.1) is 25.6 Å². The minimum Gasteiger partial charge on any atom is -0.351 e. The minimum absolute atomic E-state index is 0.159. The van der Waals surface area contributed by atoms with Gasteiger partial charge in [-0.3, -0.25) is 4.79 Å². The fourth-order valence-corrected chi connectivity index (χ4v) is 2.07. The van der Waals surface area contributed by atoms with Crippen LogP contribution in [0.25, 0.3) is 0 Å². The number of amides is 1. The predicted molar refractivity (Wildman–Crippen MR) is 75.2 cm³/mol. The molecule has 1 atom stereocenters. The summed E-state index contributed by atoms with van der Waals surface area (Å²) >= 11 is 0. The van der Waals surface area contributed by atoms with E-state index in [1.807, 2.05) is 13.8 Å². The number of aryl methyl sites for hydroxylation is 2. The summed E-state index contributed by atoms with van der Waals surface area (Å²) in [6, 6.07) is 3.01. The molecule has 0 bridgehead atoms. The highest BCUT2D eigenvalue weighted by molar-refractivity contribution is 5.81. The van der Waals surface area contributed by atoms with Crippen LogP contribution in [-0.2, 0) is 11.3 Å². The van der Waals surface area contributed by atoms with E-state index in [1.54, 1.807) is 26.0 Å². The van der Waals surface area contributed by atoms with Gasteiger partial charge in [0.05, 0.1) is 6.04 Å². The molecule has 19 heavy (non-hydrogen) atoms. The maximum absolute atomic E-state index is 13.5. The van der Waals surface area contributed by atoms with Crippen molar-refractivity contribution in [3.8, 4) is 0 Å². The van der Waals surface area contributed by atoms with E-state index in [1.165, 1.54) is 0 Å². The third-order valence-electron chi connectivity index (χ3n) is 3.03. The van der Waals surface area contributed by atoms with Crippen LogP contribution in [0.2, 0.25) is 0 Å². The Morgan fingerprint density at radius 3 is 2.32 bits per heavy atom. The molecule has 1 amide bonds. The molecule has 0 fully saturated rings. The van der Waals surface area contributed by atoms with Crippen LogP contribution in [-0.4, -0.2) is 11.9 Å². The van der Waals surface area contributed by atoms with Crippen molar-refractivity contribution in [1.29, 1.82) is 0 Å². The number of halogens is 1. The highest BCUT2D eigenvalue weighted by atomic mass is 19.1. The highest BCUT2D eigenvalue weighted by Gasteiger charge is 2.14. The summed E-state index contributed by atoms with van der Waals surface area (Å²) in [5.41, 5.74) is 7.87. The second-order valence-corrected chi connectivity index (χ2v) is 5.50. The normalized spacial score (nSPS) is 12.6. The molecule has 0 aliphatic rings. The van der Waals surface area contributed by atoms with Gasteiger partial charge < -0.3 is 11.1 Å². The first-order chi connectivity index (χ1) is 8.81. The Morgan fingerprint density at radius 2 is 1.84 bits per heavy atom. The SMILES string of the molecule is Cc1cc(CNC(=O)[C@H](N)CC(C)C)cc(C)c1F. The van der Waals surface area contributed by atoms with Crippen molar-refractivity contribution >= 4 is 5.91 Å². The molecule has 106 valence electrons. The molecule has 3 N–H and O–H groups in total. The second-order valence-electron chi connectivity index (χ2n) is 5.50. The van der Waals surface area contributed by atoms with Crippen LogP contribution in [0.1, 0.15) is 37.0 Å². The Bertz CT molecular complexity index is 434. The van der Waals surface area contributed by atoms with Gasteiger partial charge in [0.15, 0.2) is 0 Å². The monoisotopic (exact) mass is 266 g/mol. The number of rotatable bonds is 5. The standard InChI is InChI=1S/C15H23FN2O/c1-9(2)5-13(17)15(19)18-8-12-6-10(3)14(16)11(4)7-12/h6-7,9,13H,5,8,17H2,1-4H3,(H,18,19)/t13-/m1/s1.